The Labute approximate surface area is 175 Å². The number of carboxylic acids is 1. The lowest BCUT2D eigenvalue weighted by atomic mass is 10.1. The summed E-state index contributed by atoms with van der Waals surface area (Å²) >= 11 is 14.1. The van der Waals surface area contributed by atoms with E-state index in [4.69, 9.17) is 23.2 Å². The van der Waals surface area contributed by atoms with E-state index in [9.17, 15) is 9.90 Å². The fraction of sp³-hybridized carbons (Fsp3) is 0.150. The molecule has 0 aliphatic carbocycles. The van der Waals surface area contributed by atoms with Crippen molar-refractivity contribution in [2.24, 2.45) is 0 Å². The van der Waals surface area contributed by atoms with Gasteiger partial charge in [-0.2, -0.15) is 0 Å². The second-order valence-electron chi connectivity index (χ2n) is 6.46. The van der Waals surface area contributed by atoms with Crippen molar-refractivity contribution in [3.05, 3.63) is 68.4 Å². The summed E-state index contributed by atoms with van der Waals surface area (Å²) in [5.74, 6) is -0.314. The van der Waals surface area contributed by atoms with Crippen molar-refractivity contribution in [2.45, 2.75) is 20.4 Å². The number of aromatic nitrogens is 3. The predicted octanol–water partition coefficient (Wildman–Crippen LogP) is 5.83. The lowest BCUT2D eigenvalue weighted by Gasteiger charge is -2.10. The Hall–Kier alpha value is -2.41. The zero-order valence-corrected chi connectivity index (χ0v) is 17.4. The number of thiophene rings is 1. The van der Waals surface area contributed by atoms with E-state index >= 15 is 0 Å². The van der Waals surface area contributed by atoms with Crippen LogP contribution in [0.5, 0.6) is 0 Å². The Kier molecular flexibility index (Phi) is 4.87. The zero-order valence-electron chi connectivity index (χ0n) is 15.0. The molecule has 0 bridgehead atoms. The van der Waals surface area contributed by atoms with Gasteiger partial charge in [0, 0.05) is 9.90 Å². The highest BCUT2D eigenvalue weighted by molar-refractivity contribution is 7.19. The molecule has 3 heterocycles. The van der Waals surface area contributed by atoms with Crippen LogP contribution in [0.3, 0.4) is 0 Å². The molecule has 0 radical (unpaired) electrons. The van der Waals surface area contributed by atoms with Gasteiger partial charge in [0.15, 0.2) is 11.3 Å². The minimum atomic E-state index is -1.06. The van der Waals surface area contributed by atoms with Crippen LogP contribution in [-0.2, 0) is 6.54 Å². The molecular formula is C20H15Cl2N3O2S. The standard InChI is InChI=1S/C20H15Cl2N3O2S/c1-10-7-15(20(26)27)24-19-18(10)23-11(2)25(19)9-13-4-3-12(8-14(13)21)16-5-6-17(22)28-16/h3-8H,9H2,1-2H3,(H,26,27). The number of carbonyl (C=O) groups is 1. The van der Waals surface area contributed by atoms with Gasteiger partial charge < -0.3 is 9.67 Å². The Bertz CT molecular complexity index is 1230. The third-order valence-electron chi connectivity index (χ3n) is 4.54. The normalized spacial score (nSPS) is 11.3. The monoisotopic (exact) mass is 431 g/mol. The Balaban J connectivity index is 1.75. The smallest absolute Gasteiger partial charge is 0.354 e. The molecule has 142 valence electrons. The van der Waals surface area contributed by atoms with Gasteiger partial charge in [-0.1, -0.05) is 35.3 Å². The lowest BCUT2D eigenvalue weighted by Crippen LogP contribution is -2.07. The van der Waals surface area contributed by atoms with Crippen LogP contribution in [-0.4, -0.2) is 25.6 Å². The summed E-state index contributed by atoms with van der Waals surface area (Å²) in [5.41, 5.74) is 3.92. The molecular weight excluding hydrogens is 417 g/mol. The largest absolute Gasteiger partial charge is 0.477 e. The van der Waals surface area contributed by atoms with Crippen LogP contribution in [0.25, 0.3) is 21.6 Å². The lowest BCUT2D eigenvalue weighted by molar-refractivity contribution is 0.0690. The minimum absolute atomic E-state index is 0.00201. The molecule has 8 heteroatoms. The Morgan fingerprint density at radius 2 is 1.93 bits per heavy atom. The van der Waals surface area contributed by atoms with Gasteiger partial charge in [-0.3, -0.25) is 0 Å². The van der Waals surface area contributed by atoms with Crippen molar-refractivity contribution in [1.82, 2.24) is 14.5 Å². The number of halogens is 2. The summed E-state index contributed by atoms with van der Waals surface area (Å²) in [6, 6.07) is 11.2. The highest BCUT2D eigenvalue weighted by Crippen LogP contribution is 2.33. The maximum atomic E-state index is 11.4. The first-order chi connectivity index (χ1) is 13.3. The van der Waals surface area contributed by atoms with Crippen LogP contribution in [0.15, 0.2) is 36.4 Å². The Morgan fingerprint density at radius 1 is 1.14 bits per heavy atom. The van der Waals surface area contributed by atoms with Gasteiger partial charge in [0.1, 0.15) is 11.3 Å². The fourth-order valence-electron chi connectivity index (χ4n) is 3.12. The van der Waals surface area contributed by atoms with Crippen LogP contribution < -0.4 is 0 Å². The first-order valence-corrected chi connectivity index (χ1v) is 10.0. The summed E-state index contributed by atoms with van der Waals surface area (Å²) in [6.07, 6.45) is 0. The summed E-state index contributed by atoms with van der Waals surface area (Å²) in [6.45, 7) is 4.15. The van der Waals surface area contributed by atoms with E-state index in [2.05, 4.69) is 9.97 Å². The number of hydrogen-bond acceptors (Lipinski definition) is 4. The van der Waals surface area contributed by atoms with Gasteiger partial charge in [-0.05, 0) is 54.8 Å². The van der Waals surface area contributed by atoms with Crippen LogP contribution in [0.4, 0.5) is 0 Å². The quantitative estimate of drug-likeness (QED) is 0.441. The first-order valence-electron chi connectivity index (χ1n) is 8.45. The van der Waals surface area contributed by atoms with Crippen molar-refractivity contribution in [1.29, 1.82) is 0 Å². The summed E-state index contributed by atoms with van der Waals surface area (Å²) in [5, 5.41) is 9.94. The topological polar surface area (TPSA) is 68.0 Å². The van der Waals surface area contributed by atoms with Gasteiger partial charge >= 0.3 is 5.97 Å². The minimum Gasteiger partial charge on any atom is -0.477 e. The summed E-state index contributed by atoms with van der Waals surface area (Å²) in [4.78, 5) is 21.3. The van der Waals surface area contributed by atoms with Gasteiger partial charge in [0.25, 0.3) is 0 Å². The molecule has 4 rings (SSSR count). The molecule has 0 spiro atoms. The predicted molar refractivity (Wildman–Crippen MR) is 113 cm³/mol. The van der Waals surface area contributed by atoms with Gasteiger partial charge in [0.2, 0.25) is 0 Å². The van der Waals surface area contributed by atoms with Crippen LogP contribution in [0.1, 0.15) is 27.4 Å². The number of aryl methyl sites for hydroxylation is 2. The Morgan fingerprint density at radius 3 is 2.57 bits per heavy atom. The van der Waals surface area contributed by atoms with Crippen molar-refractivity contribution in [3.8, 4) is 10.4 Å². The van der Waals surface area contributed by atoms with Crippen LogP contribution in [0, 0.1) is 13.8 Å². The van der Waals surface area contributed by atoms with Crippen LogP contribution >= 0.6 is 34.5 Å². The first kappa shape index (κ1) is 18.9. The molecule has 4 aromatic rings. The molecule has 3 aromatic heterocycles. The number of aromatic carboxylic acids is 1. The van der Waals surface area contributed by atoms with Crippen molar-refractivity contribution < 1.29 is 9.90 Å². The second-order valence-corrected chi connectivity index (χ2v) is 8.58. The molecule has 1 N–H and O–H groups in total. The molecule has 0 fully saturated rings. The third kappa shape index (κ3) is 3.39. The molecule has 0 amide bonds. The van der Waals surface area contributed by atoms with Crippen LogP contribution in [0.2, 0.25) is 9.36 Å². The van der Waals surface area contributed by atoms with Crippen molar-refractivity contribution in [2.75, 3.05) is 0 Å². The highest BCUT2D eigenvalue weighted by Gasteiger charge is 2.17. The molecule has 0 aliphatic rings. The van der Waals surface area contributed by atoms with Gasteiger partial charge in [0.05, 0.1) is 10.9 Å². The molecule has 0 aliphatic heterocycles. The number of pyridine rings is 1. The zero-order chi connectivity index (χ0) is 20.0. The molecule has 0 saturated heterocycles. The van der Waals surface area contributed by atoms with E-state index in [1.54, 1.807) is 0 Å². The second kappa shape index (κ2) is 7.20. The molecule has 5 nitrogen and oxygen atoms in total. The summed E-state index contributed by atoms with van der Waals surface area (Å²) in [7, 11) is 0. The maximum Gasteiger partial charge on any atom is 0.354 e. The molecule has 1 aromatic carbocycles. The van der Waals surface area contributed by atoms with E-state index in [1.165, 1.54) is 17.4 Å². The number of fused-ring (bicyclic) bond motifs is 1. The van der Waals surface area contributed by atoms with Crippen molar-refractivity contribution in [3.63, 3.8) is 0 Å². The maximum absolute atomic E-state index is 11.4. The molecule has 0 unspecified atom stereocenters. The average molecular weight is 432 g/mol. The number of imidazole rings is 1. The number of rotatable bonds is 4. The number of nitrogens with zero attached hydrogens (tertiary/aromatic N) is 3. The van der Waals surface area contributed by atoms with E-state index < -0.39 is 5.97 Å². The molecule has 28 heavy (non-hydrogen) atoms. The average Bonchev–Trinajstić information content (AvgIpc) is 3.21. The fourth-order valence-corrected chi connectivity index (χ4v) is 4.40. The van der Waals surface area contributed by atoms with E-state index in [0.717, 1.165) is 31.7 Å². The number of hydrogen-bond donors (Lipinski definition) is 1. The number of carboxylic acid groups (broad SMARTS) is 1. The number of benzene rings is 1. The highest BCUT2D eigenvalue weighted by atomic mass is 35.5. The summed E-state index contributed by atoms with van der Waals surface area (Å²) < 4.78 is 2.61. The van der Waals surface area contributed by atoms with Crippen molar-refractivity contribution >= 4 is 51.7 Å². The molecule has 0 atom stereocenters. The van der Waals surface area contributed by atoms with Gasteiger partial charge in [-0.15, -0.1) is 11.3 Å². The molecule has 0 saturated carbocycles. The SMILES string of the molecule is Cc1cc(C(=O)O)nc2c1nc(C)n2Cc1ccc(-c2ccc(Cl)s2)cc1Cl. The third-order valence-corrected chi connectivity index (χ3v) is 6.18. The van der Waals surface area contributed by atoms with E-state index in [0.29, 0.717) is 22.7 Å². The van der Waals surface area contributed by atoms with E-state index in [-0.39, 0.29) is 5.69 Å². The van der Waals surface area contributed by atoms with E-state index in [1.807, 2.05) is 48.7 Å². The van der Waals surface area contributed by atoms with Gasteiger partial charge in [-0.25, -0.2) is 14.8 Å².